The molecule has 1 saturated heterocycles. The Hall–Kier alpha value is -2.38. The fourth-order valence-corrected chi connectivity index (χ4v) is 3.42. The maximum absolute atomic E-state index is 12.8. The summed E-state index contributed by atoms with van der Waals surface area (Å²) in [5, 5.41) is 8.23. The lowest BCUT2D eigenvalue weighted by molar-refractivity contribution is 0.0661. The SMILES string of the molecule is Cc1noc(CC2CCCN(C(=O)c3cc4n(n3)CCCO4)C2)n1. The maximum atomic E-state index is 12.8. The van der Waals surface area contributed by atoms with Crippen molar-refractivity contribution in [3.63, 3.8) is 0 Å². The maximum Gasteiger partial charge on any atom is 0.274 e. The molecule has 4 heterocycles. The third-order valence-electron chi connectivity index (χ3n) is 4.57. The zero-order valence-electron chi connectivity index (χ0n) is 13.8. The van der Waals surface area contributed by atoms with Crippen LogP contribution in [0.5, 0.6) is 5.88 Å². The highest BCUT2D eigenvalue weighted by atomic mass is 16.5. The standard InChI is InChI=1S/C16H21N5O3/c1-11-17-14(24-19-11)8-12-4-2-5-20(10-12)16(22)13-9-15-21(18-13)6-3-7-23-15/h9,12H,2-8,10H2,1H3. The average molecular weight is 331 g/mol. The minimum atomic E-state index is -0.0214. The number of likely N-dealkylation sites (tertiary alicyclic amines) is 1. The molecule has 0 radical (unpaired) electrons. The van der Waals surface area contributed by atoms with E-state index in [4.69, 9.17) is 9.26 Å². The molecular formula is C16H21N5O3. The van der Waals surface area contributed by atoms with E-state index in [2.05, 4.69) is 15.2 Å². The summed E-state index contributed by atoms with van der Waals surface area (Å²) in [6.07, 6.45) is 3.69. The number of carbonyl (C=O) groups is 1. The molecule has 2 aliphatic rings. The van der Waals surface area contributed by atoms with Crippen LogP contribution in [0.3, 0.4) is 0 Å². The lowest BCUT2D eigenvalue weighted by atomic mass is 9.94. The first kappa shape index (κ1) is 15.2. The van der Waals surface area contributed by atoms with Crippen LogP contribution in [-0.4, -0.2) is 50.4 Å². The van der Waals surface area contributed by atoms with Crippen LogP contribution in [0.1, 0.15) is 41.5 Å². The van der Waals surface area contributed by atoms with Crippen LogP contribution in [-0.2, 0) is 13.0 Å². The number of piperidine rings is 1. The van der Waals surface area contributed by atoms with Gasteiger partial charge in [-0.15, -0.1) is 0 Å². The molecule has 128 valence electrons. The lowest BCUT2D eigenvalue weighted by Gasteiger charge is -2.31. The van der Waals surface area contributed by atoms with Gasteiger partial charge < -0.3 is 14.2 Å². The second-order valence-corrected chi connectivity index (χ2v) is 6.49. The quantitative estimate of drug-likeness (QED) is 0.846. The van der Waals surface area contributed by atoms with Crippen LogP contribution in [0.2, 0.25) is 0 Å². The molecule has 0 spiro atoms. The molecule has 1 atom stereocenters. The number of aryl methyl sites for hydroxylation is 2. The number of amides is 1. The van der Waals surface area contributed by atoms with Crippen LogP contribution in [0.25, 0.3) is 0 Å². The molecule has 8 heteroatoms. The fraction of sp³-hybridized carbons (Fsp3) is 0.625. The number of hydrogen-bond acceptors (Lipinski definition) is 6. The van der Waals surface area contributed by atoms with Crippen molar-refractivity contribution in [3.8, 4) is 5.88 Å². The Morgan fingerprint density at radius 3 is 3.08 bits per heavy atom. The third kappa shape index (κ3) is 3.00. The zero-order chi connectivity index (χ0) is 16.5. The van der Waals surface area contributed by atoms with Gasteiger partial charge in [-0.25, -0.2) is 4.68 Å². The highest BCUT2D eigenvalue weighted by molar-refractivity contribution is 5.92. The minimum absolute atomic E-state index is 0.0214. The molecule has 1 amide bonds. The Bertz CT molecular complexity index is 714. The molecule has 0 aromatic carbocycles. The van der Waals surface area contributed by atoms with Crippen molar-refractivity contribution in [1.29, 1.82) is 0 Å². The third-order valence-corrected chi connectivity index (χ3v) is 4.57. The van der Waals surface area contributed by atoms with Crippen LogP contribution < -0.4 is 4.74 Å². The fourth-order valence-electron chi connectivity index (χ4n) is 3.42. The van der Waals surface area contributed by atoms with Gasteiger partial charge in [-0.1, -0.05) is 5.16 Å². The Balaban J connectivity index is 1.43. The average Bonchev–Trinajstić information content (AvgIpc) is 3.20. The summed E-state index contributed by atoms with van der Waals surface area (Å²) in [6, 6.07) is 1.76. The Morgan fingerprint density at radius 1 is 1.38 bits per heavy atom. The van der Waals surface area contributed by atoms with Crippen molar-refractivity contribution in [3.05, 3.63) is 23.5 Å². The van der Waals surface area contributed by atoms with Gasteiger partial charge in [0.25, 0.3) is 5.91 Å². The van der Waals surface area contributed by atoms with Gasteiger partial charge in [-0.2, -0.15) is 10.1 Å². The summed E-state index contributed by atoms with van der Waals surface area (Å²) in [5.41, 5.74) is 0.473. The van der Waals surface area contributed by atoms with Gasteiger partial charge in [0.1, 0.15) is 0 Å². The molecule has 2 aliphatic heterocycles. The van der Waals surface area contributed by atoms with E-state index in [1.54, 1.807) is 10.7 Å². The van der Waals surface area contributed by atoms with Gasteiger partial charge in [0.2, 0.25) is 11.8 Å². The summed E-state index contributed by atoms with van der Waals surface area (Å²) in [7, 11) is 0. The Kier molecular flexibility index (Phi) is 3.95. The van der Waals surface area contributed by atoms with E-state index in [-0.39, 0.29) is 5.91 Å². The van der Waals surface area contributed by atoms with Crippen molar-refractivity contribution < 1.29 is 14.1 Å². The molecule has 1 fully saturated rings. The van der Waals surface area contributed by atoms with Crippen LogP contribution >= 0.6 is 0 Å². The van der Waals surface area contributed by atoms with E-state index >= 15 is 0 Å². The summed E-state index contributed by atoms with van der Waals surface area (Å²) in [5.74, 6) is 2.32. The molecule has 0 N–H and O–H groups in total. The van der Waals surface area contributed by atoms with Crippen molar-refractivity contribution >= 4 is 5.91 Å². The zero-order valence-corrected chi connectivity index (χ0v) is 13.8. The molecule has 2 aromatic rings. The summed E-state index contributed by atoms with van der Waals surface area (Å²) in [4.78, 5) is 18.9. The van der Waals surface area contributed by atoms with Gasteiger partial charge in [0, 0.05) is 38.5 Å². The van der Waals surface area contributed by atoms with Crippen molar-refractivity contribution in [2.75, 3.05) is 19.7 Å². The van der Waals surface area contributed by atoms with E-state index in [1.807, 2.05) is 11.8 Å². The van der Waals surface area contributed by atoms with Crippen LogP contribution in [0.15, 0.2) is 10.6 Å². The van der Waals surface area contributed by atoms with Gasteiger partial charge >= 0.3 is 0 Å². The van der Waals surface area contributed by atoms with Gasteiger partial charge in [-0.05, 0) is 25.7 Å². The monoisotopic (exact) mass is 331 g/mol. The van der Waals surface area contributed by atoms with Gasteiger partial charge in [0.15, 0.2) is 11.5 Å². The number of hydrogen-bond donors (Lipinski definition) is 0. The van der Waals surface area contributed by atoms with Gasteiger partial charge in [-0.3, -0.25) is 4.79 Å². The van der Waals surface area contributed by atoms with Crippen LogP contribution in [0, 0.1) is 12.8 Å². The topological polar surface area (TPSA) is 86.3 Å². The lowest BCUT2D eigenvalue weighted by Crippen LogP contribution is -2.40. The highest BCUT2D eigenvalue weighted by Crippen LogP contribution is 2.24. The van der Waals surface area contributed by atoms with E-state index in [0.717, 1.165) is 32.4 Å². The molecule has 8 nitrogen and oxygen atoms in total. The number of ether oxygens (including phenoxy) is 1. The molecule has 4 rings (SSSR count). The number of carbonyl (C=O) groups excluding carboxylic acids is 1. The first-order valence-electron chi connectivity index (χ1n) is 8.48. The Labute approximate surface area is 139 Å². The molecule has 0 saturated carbocycles. The molecule has 24 heavy (non-hydrogen) atoms. The number of aromatic nitrogens is 4. The largest absolute Gasteiger partial charge is 0.478 e. The second kappa shape index (κ2) is 6.26. The first-order valence-corrected chi connectivity index (χ1v) is 8.48. The summed E-state index contributed by atoms with van der Waals surface area (Å²) < 4.78 is 12.5. The predicted octanol–water partition coefficient (Wildman–Crippen LogP) is 1.45. The first-order chi connectivity index (χ1) is 11.7. The molecule has 0 aliphatic carbocycles. The van der Waals surface area contributed by atoms with E-state index in [1.165, 1.54) is 0 Å². The van der Waals surface area contributed by atoms with Gasteiger partial charge in [0.05, 0.1) is 6.61 Å². The molecule has 1 unspecified atom stereocenters. The summed E-state index contributed by atoms with van der Waals surface area (Å²) >= 11 is 0. The number of nitrogens with zero attached hydrogens (tertiary/aromatic N) is 5. The number of fused-ring (bicyclic) bond motifs is 1. The number of rotatable bonds is 3. The van der Waals surface area contributed by atoms with Crippen LogP contribution in [0.4, 0.5) is 0 Å². The van der Waals surface area contributed by atoms with E-state index in [0.29, 0.717) is 48.8 Å². The van der Waals surface area contributed by atoms with Crippen molar-refractivity contribution in [2.45, 2.75) is 39.2 Å². The second-order valence-electron chi connectivity index (χ2n) is 6.49. The molecule has 0 bridgehead atoms. The highest BCUT2D eigenvalue weighted by Gasteiger charge is 2.28. The summed E-state index contributed by atoms with van der Waals surface area (Å²) in [6.45, 7) is 4.77. The van der Waals surface area contributed by atoms with E-state index < -0.39 is 0 Å². The van der Waals surface area contributed by atoms with E-state index in [9.17, 15) is 4.79 Å². The minimum Gasteiger partial charge on any atom is -0.478 e. The molecular weight excluding hydrogens is 310 g/mol. The molecule has 2 aromatic heterocycles. The smallest absolute Gasteiger partial charge is 0.274 e. The van der Waals surface area contributed by atoms with Crippen molar-refractivity contribution in [2.24, 2.45) is 5.92 Å². The predicted molar refractivity (Wildman–Crippen MR) is 83.7 cm³/mol. The van der Waals surface area contributed by atoms with Crippen molar-refractivity contribution in [1.82, 2.24) is 24.8 Å². The normalized spacial score (nSPS) is 20.5. The Morgan fingerprint density at radius 2 is 2.29 bits per heavy atom.